The molecule has 0 saturated carbocycles. The number of anilines is 1. The number of amides is 3. The first-order valence-corrected chi connectivity index (χ1v) is 8.31. The predicted octanol–water partition coefficient (Wildman–Crippen LogP) is 2.28. The van der Waals surface area contributed by atoms with E-state index in [9.17, 15) is 9.59 Å². The predicted molar refractivity (Wildman–Crippen MR) is 93.1 cm³/mol. The number of hydrogen-bond donors (Lipinski definition) is 2. The van der Waals surface area contributed by atoms with Crippen LogP contribution in [0.1, 0.15) is 30.7 Å². The lowest BCUT2D eigenvalue weighted by atomic mass is 10.2. The summed E-state index contributed by atoms with van der Waals surface area (Å²) >= 11 is 0. The van der Waals surface area contributed by atoms with Crippen molar-refractivity contribution in [3.63, 3.8) is 0 Å². The van der Waals surface area contributed by atoms with Gasteiger partial charge in [-0.3, -0.25) is 4.79 Å². The Hall–Kier alpha value is -2.83. The molecule has 3 amide bonds. The molecule has 25 heavy (non-hydrogen) atoms. The number of nitrogens with one attached hydrogen (secondary N) is 2. The lowest BCUT2D eigenvalue weighted by Gasteiger charge is -2.21. The fourth-order valence-corrected chi connectivity index (χ4v) is 3.00. The number of benzene rings is 1. The summed E-state index contributed by atoms with van der Waals surface area (Å²) in [5.74, 6) is 1.08. The van der Waals surface area contributed by atoms with Crippen molar-refractivity contribution < 1.29 is 14.0 Å². The minimum Gasteiger partial charge on any atom is -0.444 e. The first-order valence-electron chi connectivity index (χ1n) is 8.31. The van der Waals surface area contributed by atoms with Crippen molar-refractivity contribution in [3.05, 3.63) is 47.7 Å². The van der Waals surface area contributed by atoms with Crippen LogP contribution in [0.5, 0.6) is 0 Å². The van der Waals surface area contributed by atoms with Gasteiger partial charge in [-0.25, -0.2) is 9.78 Å². The van der Waals surface area contributed by atoms with Gasteiger partial charge in [-0.1, -0.05) is 18.2 Å². The van der Waals surface area contributed by atoms with E-state index in [0.29, 0.717) is 12.3 Å². The largest absolute Gasteiger partial charge is 0.444 e. The molecule has 1 aliphatic rings. The second-order valence-corrected chi connectivity index (χ2v) is 6.26. The van der Waals surface area contributed by atoms with Crippen LogP contribution in [0.25, 0.3) is 0 Å². The van der Waals surface area contributed by atoms with Gasteiger partial charge in [0.25, 0.3) is 0 Å². The number of carbonyl (C=O) groups excluding carboxylic acids is 2. The molecule has 7 nitrogen and oxygen atoms in total. The van der Waals surface area contributed by atoms with Crippen molar-refractivity contribution in [1.29, 1.82) is 0 Å². The molecule has 2 N–H and O–H groups in total. The normalized spacial score (nSPS) is 20.0. The molecule has 1 aliphatic heterocycles. The molecule has 3 rings (SSSR count). The van der Waals surface area contributed by atoms with Crippen LogP contribution in [0.15, 0.2) is 34.7 Å². The van der Waals surface area contributed by atoms with E-state index in [1.807, 2.05) is 51.1 Å². The minimum absolute atomic E-state index is 0.0252. The van der Waals surface area contributed by atoms with E-state index >= 15 is 0 Å². The van der Waals surface area contributed by atoms with Gasteiger partial charge < -0.3 is 20.0 Å². The molecule has 1 aromatic carbocycles. The number of aromatic nitrogens is 1. The Kier molecular flexibility index (Phi) is 4.74. The number of urea groups is 1. The Bertz CT molecular complexity index is 752. The highest BCUT2D eigenvalue weighted by molar-refractivity contribution is 6.01. The highest BCUT2D eigenvalue weighted by atomic mass is 16.4. The van der Waals surface area contributed by atoms with E-state index in [1.165, 1.54) is 0 Å². The number of rotatable bonds is 4. The number of nitrogens with zero attached hydrogens (tertiary/aromatic N) is 2. The van der Waals surface area contributed by atoms with Crippen LogP contribution in [-0.4, -0.2) is 29.0 Å². The fraction of sp³-hybridized carbons (Fsp3) is 0.389. The zero-order chi connectivity index (χ0) is 18.0. The van der Waals surface area contributed by atoms with Gasteiger partial charge in [0.05, 0.1) is 12.2 Å². The molecule has 2 atom stereocenters. The van der Waals surface area contributed by atoms with Gasteiger partial charge in [-0.2, -0.15) is 0 Å². The van der Waals surface area contributed by atoms with Crippen molar-refractivity contribution in [2.75, 3.05) is 4.90 Å². The van der Waals surface area contributed by atoms with E-state index < -0.39 is 12.1 Å². The van der Waals surface area contributed by atoms with E-state index in [0.717, 1.165) is 17.1 Å². The summed E-state index contributed by atoms with van der Waals surface area (Å²) in [6.07, 6.45) is 0.568. The third-order valence-corrected chi connectivity index (χ3v) is 4.37. The molecule has 1 saturated heterocycles. The van der Waals surface area contributed by atoms with Gasteiger partial charge in [0.1, 0.15) is 11.8 Å². The summed E-state index contributed by atoms with van der Waals surface area (Å²) in [6.45, 7) is 5.82. The Morgan fingerprint density at radius 1 is 1.32 bits per heavy atom. The first kappa shape index (κ1) is 17.0. The zero-order valence-electron chi connectivity index (χ0n) is 14.6. The molecule has 0 unspecified atom stereocenters. The number of carbonyl (C=O) groups is 2. The van der Waals surface area contributed by atoms with Crippen molar-refractivity contribution in [2.45, 2.75) is 45.8 Å². The molecular formula is C18H22N4O3. The molecule has 2 aromatic rings. The van der Waals surface area contributed by atoms with Crippen LogP contribution in [0.3, 0.4) is 0 Å². The molecule has 1 fully saturated rings. The van der Waals surface area contributed by atoms with Gasteiger partial charge in [0.15, 0.2) is 0 Å². The molecule has 0 aliphatic carbocycles. The Morgan fingerprint density at radius 2 is 2.04 bits per heavy atom. The fourth-order valence-electron chi connectivity index (χ4n) is 3.00. The van der Waals surface area contributed by atoms with Gasteiger partial charge >= 0.3 is 6.03 Å². The third kappa shape index (κ3) is 3.65. The van der Waals surface area contributed by atoms with Gasteiger partial charge in [-0.15, -0.1) is 0 Å². The monoisotopic (exact) mass is 342 g/mol. The van der Waals surface area contributed by atoms with Gasteiger partial charge in [0, 0.05) is 11.7 Å². The van der Waals surface area contributed by atoms with Crippen molar-refractivity contribution in [1.82, 2.24) is 15.6 Å². The summed E-state index contributed by atoms with van der Waals surface area (Å²) in [6, 6.07) is 8.55. The van der Waals surface area contributed by atoms with Crippen LogP contribution in [0.2, 0.25) is 0 Å². The maximum atomic E-state index is 12.6. The lowest BCUT2D eigenvalue weighted by Crippen LogP contribution is -2.46. The SMILES string of the molecule is Cc1nc(CNC(=O)N[C@H]2C[C@H](C)N(c3ccccc3)C2=O)oc1C. The quantitative estimate of drug-likeness (QED) is 0.892. The number of oxazole rings is 1. The Morgan fingerprint density at radius 3 is 2.68 bits per heavy atom. The summed E-state index contributed by atoms with van der Waals surface area (Å²) in [5.41, 5.74) is 1.64. The average Bonchev–Trinajstić information content (AvgIpc) is 3.05. The molecule has 132 valence electrons. The standard InChI is InChI=1S/C18H22N4O3/c1-11-9-15(17(23)22(11)14-7-5-4-6-8-14)21-18(24)19-10-16-20-12(2)13(3)25-16/h4-8,11,15H,9-10H2,1-3H3,(H2,19,21,24)/t11-,15-/m0/s1. The third-order valence-electron chi connectivity index (χ3n) is 4.37. The summed E-state index contributed by atoms with van der Waals surface area (Å²) in [5, 5.41) is 5.42. The molecule has 0 bridgehead atoms. The zero-order valence-corrected chi connectivity index (χ0v) is 14.6. The van der Waals surface area contributed by atoms with Crippen LogP contribution < -0.4 is 15.5 Å². The van der Waals surface area contributed by atoms with Crippen LogP contribution >= 0.6 is 0 Å². The van der Waals surface area contributed by atoms with Crippen LogP contribution in [0, 0.1) is 13.8 Å². The first-order chi connectivity index (χ1) is 12.0. The van der Waals surface area contributed by atoms with Crippen LogP contribution in [-0.2, 0) is 11.3 Å². The number of hydrogen-bond acceptors (Lipinski definition) is 4. The average molecular weight is 342 g/mol. The highest BCUT2D eigenvalue weighted by Crippen LogP contribution is 2.26. The number of para-hydroxylation sites is 1. The topological polar surface area (TPSA) is 87.5 Å². The van der Waals surface area contributed by atoms with Crippen molar-refractivity contribution >= 4 is 17.6 Å². The van der Waals surface area contributed by atoms with Gasteiger partial charge in [0.2, 0.25) is 11.8 Å². The highest BCUT2D eigenvalue weighted by Gasteiger charge is 2.38. The van der Waals surface area contributed by atoms with E-state index in [2.05, 4.69) is 15.6 Å². The van der Waals surface area contributed by atoms with E-state index in [4.69, 9.17) is 4.42 Å². The number of aryl methyl sites for hydroxylation is 2. The second kappa shape index (κ2) is 6.96. The summed E-state index contributed by atoms with van der Waals surface area (Å²) in [4.78, 5) is 30.7. The van der Waals surface area contributed by atoms with E-state index in [-0.39, 0.29) is 18.5 Å². The Balaban J connectivity index is 1.57. The molecule has 1 aromatic heterocycles. The molecule has 7 heteroatoms. The second-order valence-electron chi connectivity index (χ2n) is 6.26. The maximum Gasteiger partial charge on any atom is 0.315 e. The summed E-state index contributed by atoms with van der Waals surface area (Å²) in [7, 11) is 0. The van der Waals surface area contributed by atoms with Crippen molar-refractivity contribution in [2.24, 2.45) is 0 Å². The summed E-state index contributed by atoms with van der Waals surface area (Å²) < 4.78 is 5.42. The maximum absolute atomic E-state index is 12.6. The van der Waals surface area contributed by atoms with Crippen LogP contribution in [0.4, 0.5) is 10.5 Å². The molecule has 0 spiro atoms. The minimum atomic E-state index is -0.539. The molecular weight excluding hydrogens is 320 g/mol. The van der Waals surface area contributed by atoms with Gasteiger partial charge in [-0.05, 0) is 39.3 Å². The molecule has 2 heterocycles. The molecule has 0 radical (unpaired) electrons. The Labute approximate surface area is 146 Å². The lowest BCUT2D eigenvalue weighted by molar-refractivity contribution is -0.118. The smallest absolute Gasteiger partial charge is 0.315 e. The van der Waals surface area contributed by atoms with Crippen molar-refractivity contribution in [3.8, 4) is 0 Å². The van der Waals surface area contributed by atoms with E-state index in [1.54, 1.807) is 4.90 Å².